The van der Waals surface area contributed by atoms with Crippen LogP contribution in [0.25, 0.3) is 5.69 Å². The molecular weight excluding hydrogens is 382 g/mol. The summed E-state index contributed by atoms with van der Waals surface area (Å²) < 4.78 is 12.1. The second-order valence-electron chi connectivity index (χ2n) is 6.26. The molecule has 0 saturated heterocycles. The van der Waals surface area contributed by atoms with E-state index >= 15 is 0 Å². The van der Waals surface area contributed by atoms with Crippen LogP contribution >= 0.6 is 11.6 Å². The van der Waals surface area contributed by atoms with Gasteiger partial charge in [0.05, 0.1) is 5.69 Å². The molecule has 1 aromatic heterocycles. The molecule has 0 spiro atoms. The molecule has 8 heteroatoms. The second-order valence-corrected chi connectivity index (χ2v) is 6.69. The minimum absolute atomic E-state index is 0.179. The van der Waals surface area contributed by atoms with E-state index < -0.39 is 11.3 Å². The predicted molar refractivity (Wildman–Crippen MR) is 103 cm³/mol. The van der Waals surface area contributed by atoms with Crippen LogP contribution < -0.4 is 20.2 Å². The fraction of sp³-hybridized carbons (Fsp3) is 0.150. The number of halogens is 1. The number of carbonyl (C=O) groups is 1. The summed E-state index contributed by atoms with van der Waals surface area (Å²) in [6.45, 7) is 2.16. The zero-order valence-corrected chi connectivity index (χ0v) is 15.7. The van der Waals surface area contributed by atoms with Crippen molar-refractivity contribution < 1.29 is 14.3 Å². The Bertz CT molecular complexity index is 1110. The van der Waals surface area contributed by atoms with Crippen LogP contribution in [0.2, 0.25) is 5.02 Å². The van der Waals surface area contributed by atoms with Gasteiger partial charge in [0.1, 0.15) is 0 Å². The first kappa shape index (κ1) is 18.1. The summed E-state index contributed by atoms with van der Waals surface area (Å²) in [5.74, 6) is 0.747. The smallest absolute Gasteiger partial charge is 0.276 e. The van der Waals surface area contributed by atoms with Crippen molar-refractivity contribution in [2.24, 2.45) is 0 Å². The Morgan fingerprint density at radius 3 is 2.68 bits per heavy atom. The highest BCUT2D eigenvalue weighted by atomic mass is 35.5. The van der Waals surface area contributed by atoms with E-state index in [4.69, 9.17) is 21.1 Å². The fourth-order valence-corrected chi connectivity index (χ4v) is 2.99. The lowest BCUT2D eigenvalue weighted by atomic mass is 10.2. The summed E-state index contributed by atoms with van der Waals surface area (Å²) in [4.78, 5) is 24.8. The maximum absolute atomic E-state index is 12.6. The van der Waals surface area contributed by atoms with E-state index in [1.165, 1.54) is 10.7 Å². The van der Waals surface area contributed by atoms with Crippen molar-refractivity contribution in [2.45, 2.75) is 13.5 Å². The van der Waals surface area contributed by atoms with Crippen molar-refractivity contribution in [2.75, 3.05) is 6.79 Å². The Kier molecular flexibility index (Phi) is 4.75. The standard InChI is InChI=1S/C20H16ClN3O4/c1-12-8-16(25)19(23-24(12)15-5-3-14(21)4-6-15)20(26)22-10-13-2-7-17-18(9-13)28-11-27-17/h2-9H,10-11H2,1H3,(H,22,26). The van der Waals surface area contributed by atoms with Gasteiger partial charge in [0.25, 0.3) is 5.91 Å². The van der Waals surface area contributed by atoms with E-state index in [0.717, 1.165) is 5.56 Å². The van der Waals surface area contributed by atoms with Crippen LogP contribution in [0.4, 0.5) is 0 Å². The monoisotopic (exact) mass is 397 g/mol. The molecule has 142 valence electrons. The van der Waals surface area contributed by atoms with Gasteiger partial charge in [0.15, 0.2) is 17.2 Å². The molecule has 7 nitrogen and oxygen atoms in total. The number of hydrogen-bond donors (Lipinski definition) is 1. The Hall–Kier alpha value is -3.32. The fourth-order valence-electron chi connectivity index (χ4n) is 2.87. The van der Waals surface area contributed by atoms with Gasteiger partial charge in [-0.05, 0) is 48.9 Å². The summed E-state index contributed by atoms with van der Waals surface area (Å²) in [5, 5.41) is 7.56. The molecule has 28 heavy (non-hydrogen) atoms. The highest BCUT2D eigenvalue weighted by Crippen LogP contribution is 2.32. The number of rotatable bonds is 4. The molecule has 0 saturated carbocycles. The van der Waals surface area contributed by atoms with E-state index in [1.807, 2.05) is 6.07 Å². The molecule has 2 heterocycles. The average Bonchev–Trinajstić information content (AvgIpc) is 3.15. The van der Waals surface area contributed by atoms with Crippen molar-refractivity contribution in [3.63, 3.8) is 0 Å². The highest BCUT2D eigenvalue weighted by Gasteiger charge is 2.17. The first-order valence-corrected chi connectivity index (χ1v) is 8.93. The number of aryl methyl sites for hydroxylation is 1. The number of ether oxygens (including phenoxy) is 2. The van der Waals surface area contributed by atoms with Gasteiger partial charge in [-0.2, -0.15) is 5.10 Å². The van der Waals surface area contributed by atoms with Crippen LogP contribution in [0.3, 0.4) is 0 Å². The maximum atomic E-state index is 12.6. The van der Waals surface area contributed by atoms with Crippen LogP contribution in [-0.2, 0) is 6.54 Å². The largest absolute Gasteiger partial charge is 0.454 e. The van der Waals surface area contributed by atoms with Gasteiger partial charge < -0.3 is 14.8 Å². The maximum Gasteiger partial charge on any atom is 0.276 e. The summed E-state index contributed by atoms with van der Waals surface area (Å²) in [6, 6.07) is 13.7. The summed E-state index contributed by atoms with van der Waals surface area (Å²) in [6.07, 6.45) is 0. The Morgan fingerprint density at radius 2 is 1.89 bits per heavy atom. The van der Waals surface area contributed by atoms with Crippen LogP contribution in [0.5, 0.6) is 11.5 Å². The van der Waals surface area contributed by atoms with Gasteiger partial charge >= 0.3 is 0 Å². The van der Waals surface area contributed by atoms with Crippen molar-refractivity contribution in [1.29, 1.82) is 0 Å². The van der Waals surface area contributed by atoms with Crippen molar-refractivity contribution in [1.82, 2.24) is 15.1 Å². The van der Waals surface area contributed by atoms with Crippen LogP contribution in [0, 0.1) is 6.92 Å². The number of benzene rings is 2. The highest BCUT2D eigenvalue weighted by molar-refractivity contribution is 6.30. The van der Waals surface area contributed by atoms with Gasteiger partial charge in [0.2, 0.25) is 12.2 Å². The molecule has 0 aliphatic carbocycles. The molecule has 0 atom stereocenters. The Balaban J connectivity index is 1.56. The molecule has 0 fully saturated rings. The molecule has 1 amide bonds. The van der Waals surface area contributed by atoms with E-state index in [1.54, 1.807) is 43.3 Å². The number of amides is 1. The lowest BCUT2D eigenvalue weighted by Gasteiger charge is -2.11. The van der Waals surface area contributed by atoms with E-state index in [9.17, 15) is 9.59 Å². The van der Waals surface area contributed by atoms with E-state index in [0.29, 0.717) is 27.9 Å². The number of nitrogens with zero attached hydrogens (tertiary/aromatic N) is 2. The van der Waals surface area contributed by atoms with Crippen LogP contribution in [-0.4, -0.2) is 22.5 Å². The third-order valence-corrected chi connectivity index (χ3v) is 4.54. The van der Waals surface area contributed by atoms with Crippen molar-refractivity contribution in [3.05, 3.63) is 80.7 Å². The first-order chi connectivity index (χ1) is 13.5. The number of aromatic nitrogens is 2. The van der Waals surface area contributed by atoms with Gasteiger partial charge in [-0.1, -0.05) is 17.7 Å². The molecule has 0 unspecified atom stereocenters. The quantitative estimate of drug-likeness (QED) is 0.732. The topological polar surface area (TPSA) is 82.5 Å². The van der Waals surface area contributed by atoms with Crippen LogP contribution in [0.1, 0.15) is 21.7 Å². The molecule has 0 radical (unpaired) electrons. The SMILES string of the molecule is Cc1cc(=O)c(C(=O)NCc2ccc3c(c2)OCO3)nn1-c1ccc(Cl)cc1. The number of nitrogens with one attached hydrogen (secondary N) is 1. The molecule has 4 rings (SSSR count). The van der Waals surface area contributed by atoms with Gasteiger partial charge in [-0.25, -0.2) is 4.68 Å². The lowest BCUT2D eigenvalue weighted by Crippen LogP contribution is -2.31. The number of fused-ring (bicyclic) bond motifs is 1. The molecule has 2 aromatic carbocycles. The van der Waals surface area contributed by atoms with Gasteiger partial charge in [-0.15, -0.1) is 0 Å². The minimum atomic E-state index is -0.551. The van der Waals surface area contributed by atoms with Crippen molar-refractivity contribution >= 4 is 17.5 Å². The first-order valence-electron chi connectivity index (χ1n) is 8.55. The lowest BCUT2D eigenvalue weighted by molar-refractivity contribution is 0.0943. The third kappa shape index (κ3) is 3.57. The van der Waals surface area contributed by atoms with Gasteiger partial charge in [-0.3, -0.25) is 9.59 Å². The Morgan fingerprint density at radius 1 is 1.14 bits per heavy atom. The second kappa shape index (κ2) is 7.36. The third-order valence-electron chi connectivity index (χ3n) is 4.28. The number of carbonyl (C=O) groups excluding carboxylic acids is 1. The summed E-state index contributed by atoms with van der Waals surface area (Å²) in [5.41, 5.74) is 1.52. The number of hydrogen-bond acceptors (Lipinski definition) is 5. The molecule has 3 aromatic rings. The van der Waals surface area contributed by atoms with Gasteiger partial charge in [0, 0.05) is 23.3 Å². The molecular formula is C20H16ClN3O4. The summed E-state index contributed by atoms with van der Waals surface area (Å²) in [7, 11) is 0. The molecule has 0 bridgehead atoms. The minimum Gasteiger partial charge on any atom is -0.454 e. The average molecular weight is 398 g/mol. The zero-order valence-electron chi connectivity index (χ0n) is 14.9. The van der Waals surface area contributed by atoms with E-state index in [-0.39, 0.29) is 19.0 Å². The van der Waals surface area contributed by atoms with Crippen molar-refractivity contribution in [3.8, 4) is 17.2 Å². The molecule has 1 aliphatic heterocycles. The summed E-state index contributed by atoms with van der Waals surface area (Å²) >= 11 is 5.92. The molecule has 1 aliphatic rings. The van der Waals surface area contributed by atoms with E-state index in [2.05, 4.69) is 10.4 Å². The molecule has 1 N–H and O–H groups in total. The van der Waals surface area contributed by atoms with Crippen LogP contribution in [0.15, 0.2) is 53.3 Å². The Labute approximate surface area is 165 Å². The predicted octanol–water partition coefficient (Wildman–Crippen LogP) is 2.85. The normalized spacial score (nSPS) is 12.1. The zero-order chi connectivity index (χ0) is 19.7.